The van der Waals surface area contributed by atoms with Gasteiger partial charge in [-0.15, -0.1) is 0 Å². The molecular weight excluding hydrogens is 128 g/mol. The molecule has 0 aliphatic carbocycles. The highest BCUT2D eigenvalue weighted by molar-refractivity contribution is 5.45. The number of allylic oxidation sites excluding steroid dienone is 2. The van der Waals surface area contributed by atoms with Crippen molar-refractivity contribution >= 4 is 11.9 Å². The molecule has 54 valence electrons. The van der Waals surface area contributed by atoms with Gasteiger partial charge < -0.3 is 0 Å². The van der Waals surface area contributed by atoms with Gasteiger partial charge in [-0.2, -0.15) is 0 Å². The van der Waals surface area contributed by atoms with Crippen molar-refractivity contribution in [1.29, 1.82) is 0 Å². The zero-order valence-corrected chi connectivity index (χ0v) is 5.80. The zero-order valence-electron chi connectivity index (χ0n) is 5.80. The van der Waals surface area contributed by atoms with E-state index in [0.717, 1.165) is 25.7 Å². The minimum Gasteiger partial charge on any atom is -0.234 e. The van der Waals surface area contributed by atoms with Crippen molar-refractivity contribution in [3.8, 4) is 0 Å². The molecule has 0 spiro atoms. The van der Waals surface area contributed by atoms with Crippen molar-refractivity contribution < 1.29 is 9.59 Å². The number of rotatable bonds is 5. The van der Waals surface area contributed by atoms with Gasteiger partial charge in [-0.3, -0.25) is 0 Å². The Bertz CT molecular complexity index is 140. The molecule has 0 radical (unpaired) electrons. The van der Waals surface area contributed by atoms with E-state index in [1.807, 2.05) is 0 Å². The number of carbonyl (C=O) groups excluding carboxylic acids is 2. The van der Waals surface area contributed by atoms with E-state index in [1.165, 1.54) is 12.2 Å². The number of hydrogen-bond acceptors (Lipinski definition) is 2. The molecule has 0 amide bonds. The molecule has 2 heteroatoms. The van der Waals surface area contributed by atoms with Crippen LogP contribution >= 0.6 is 0 Å². The number of unbranched alkanes of at least 4 members (excludes halogenated alkanes) is 3. The van der Waals surface area contributed by atoms with E-state index in [2.05, 4.69) is 0 Å². The molecule has 0 rings (SSSR count). The molecule has 0 N–H and O–H groups in total. The molecule has 0 unspecified atom stereocenters. The molecule has 0 atom stereocenters. The third-order valence-electron chi connectivity index (χ3n) is 1.11. The van der Waals surface area contributed by atoms with Crippen LogP contribution in [-0.4, -0.2) is 11.9 Å². The van der Waals surface area contributed by atoms with Crippen molar-refractivity contribution in [2.45, 2.75) is 25.7 Å². The predicted octanol–water partition coefficient (Wildman–Crippen LogP) is 1.32. The summed E-state index contributed by atoms with van der Waals surface area (Å²) in [5.74, 6) is 3.39. The van der Waals surface area contributed by atoms with Crippen molar-refractivity contribution in [3.63, 3.8) is 0 Å². The van der Waals surface area contributed by atoms with Crippen LogP contribution in [-0.2, 0) is 9.59 Å². The van der Waals surface area contributed by atoms with Crippen LogP contribution in [0.1, 0.15) is 25.7 Å². The first-order chi connectivity index (χ1) is 4.91. The fourth-order valence-corrected chi connectivity index (χ4v) is 0.611. The van der Waals surface area contributed by atoms with Crippen molar-refractivity contribution in [2.75, 3.05) is 0 Å². The maximum Gasteiger partial charge on any atom is 0.120 e. The molecule has 0 fully saturated rings. The Hall–Kier alpha value is -1.10. The average Bonchev–Trinajstić information content (AvgIpc) is 1.97. The molecular formula is C8H10O2. The van der Waals surface area contributed by atoms with Gasteiger partial charge in [0.05, 0.1) is 0 Å². The van der Waals surface area contributed by atoms with E-state index in [4.69, 9.17) is 0 Å². The van der Waals surface area contributed by atoms with Crippen LogP contribution in [0.3, 0.4) is 0 Å². The summed E-state index contributed by atoms with van der Waals surface area (Å²) in [7, 11) is 0. The van der Waals surface area contributed by atoms with E-state index in [0.29, 0.717) is 0 Å². The lowest BCUT2D eigenvalue weighted by molar-refractivity contribution is 0.566. The fourth-order valence-electron chi connectivity index (χ4n) is 0.611. The maximum atomic E-state index is 9.64. The minimum absolute atomic E-state index is 0.760. The van der Waals surface area contributed by atoms with Crippen molar-refractivity contribution in [1.82, 2.24) is 0 Å². The lowest BCUT2D eigenvalue weighted by Crippen LogP contribution is -1.72. The summed E-state index contributed by atoms with van der Waals surface area (Å²) in [6.45, 7) is 0. The van der Waals surface area contributed by atoms with Gasteiger partial charge in [0.2, 0.25) is 0 Å². The molecule has 2 nitrogen and oxygen atoms in total. The van der Waals surface area contributed by atoms with E-state index in [-0.39, 0.29) is 0 Å². The predicted molar refractivity (Wildman–Crippen MR) is 39.0 cm³/mol. The monoisotopic (exact) mass is 138 g/mol. The first kappa shape index (κ1) is 8.90. The molecule has 0 aromatic carbocycles. The average molecular weight is 138 g/mol. The summed E-state index contributed by atoms with van der Waals surface area (Å²) >= 11 is 0. The molecule has 10 heavy (non-hydrogen) atoms. The lowest BCUT2D eigenvalue weighted by Gasteiger charge is -1.87. The minimum atomic E-state index is 0.760. The van der Waals surface area contributed by atoms with E-state index in [1.54, 1.807) is 11.9 Å². The zero-order chi connectivity index (χ0) is 7.66. The molecule has 0 aromatic rings. The summed E-state index contributed by atoms with van der Waals surface area (Å²) in [4.78, 5) is 19.3. The second kappa shape index (κ2) is 7.90. The largest absolute Gasteiger partial charge is 0.234 e. The van der Waals surface area contributed by atoms with Gasteiger partial charge in [-0.25, -0.2) is 9.59 Å². The Labute approximate surface area is 60.2 Å². The summed E-state index contributed by atoms with van der Waals surface area (Å²) in [6.07, 6.45) is 6.32. The van der Waals surface area contributed by atoms with Crippen LogP contribution in [0.25, 0.3) is 0 Å². The van der Waals surface area contributed by atoms with Crippen LogP contribution in [0.4, 0.5) is 0 Å². The summed E-state index contributed by atoms with van der Waals surface area (Å²) < 4.78 is 0. The van der Waals surface area contributed by atoms with Gasteiger partial charge in [0.15, 0.2) is 0 Å². The fraction of sp³-hybridized carbons (Fsp3) is 0.500. The number of hydrogen-bond donors (Lipinski definition) is 0. The van der Waals surface area contributed by atoms with Gasteiger partial charge in [0, 0.05) is 0 Å². The van der Waals surface area contributed by atoms with Crippen LogP contribution in [0.5, 0.6) is 0 Å². The maximum absolute atomic E-state index is 9.64. The van der Waals surface area contributed by atoms with E-state index >= 15 is 0 Å². The van der Waals surface area contributed by atoms with Gasteiger partial charge in [0.25, 0.3) is 0 Å². The van der Waals surface area contributed by atoms with Crippen LogP contribution < -0.4 is 0 Å². The second-order valence-corrected chi connectivity index (χ2v) is 1.93. The van der Waals surface area contributed by atoms with E-state index < -0.39 is 0 Å². The third-order valence-corrected chi connectivity index (χ3v) is 1.11. The normalized spacial score (nSPS) is 7.60. The Morgan fingerprint density at radius 1 is 0.900 bits per heavy atom. The topological polar surface area (TPSA) is 34.1 Å². The van der Waals surface area contributed by atoms with Gasteiger partial charge in [-0.05, 0) is 37.8 Å². The highest BCUT2D eigenvalue weighted by Crippen LogP contribution is 1.98. The van der Waals surface area contributed by atoms with Crippen LogP contribution in [0, 0.1) is 0 Å². The Kier molecular flexibility index (Phi) is 7.03. The van der Waals surface area contributed by atoms with Gasteiger partial charge >= 0.3 is 0 Å². The molecule has 0 saturated carbocycles. The van der Waals surface area contributed by atoms with Gasteiger partial charge in [0.1, 0.15) is 11.9 Å². The Morgan fingerprint density at radius 3 is 1.60 bits per heavy atom. The summed E-state index contributed by atoms with van der Waals surface area (Å²) in [6, 6.07) is 0. The Balaban J connectivity index is 3.04. The highest BCUT2D eigenvalue weighted by atomic mass is 16.1. The smallest absolute Gasteiger partial charge is 0.120 e. The molecule has 0 aliphatic rings. The molecule has 0 bridgehead atoms. The second-order valence-electron chi connectivity index (χ2n) is 1.93. The summed E-state index contributed by atoms with van der Waals surface area (Å²) in [5, 5.41) is 0. The van der Waals surface area contributed by atoms with Crippen molar-refractivity contribution in [3.05, 3.63) is 12.2 Å². The summed E-state index contributed by atoms with van der Waals surface area (Å²) in [5.41, 5.74) is 0. The molecule has 0 saturated heterocycles. The van der Waals surface area contributed by atoms with Gasteiger partial charge in [-0.1, -0.05) is 0 Å². The van der Waals surface area contributed by atoms with Crippen molar-refractivity contribution in [2.24, 2.45) is 0 Å². The standard InChI is InChI=1S/C8H10O2/c9-7-5-3-1-2-4-6-8-10/h5-6H,1-4H2. The first-order valence-electron chi connectivity index (χ1n) is 3.30. The SMILES string of the molecule is O=C=CCCCCC=C=O. The quantitative estimate of drug-likeness (QED) is 0.424. The highest BCUT2D eigenvalue weighted by Gasteiger charge is 1.82. The third kappa shape index (κ3) is 6.90. The molecule has 0 aromatic heterocycles. The van der Waals surface area contributed by atoms with Crippen LogP contribution in [0.2, 0.25) is 0 Å². The Morgan fingerprint density at radius 2 is 1.30 bits per heavy atom. The lowest BCUT2D eigenvalue weighted by atomic mass is 10.2. The van der Waals surface area contributed by atoms with Crippen LogP contribution in [0.15, 0.2) is 12.2 Å². The molecule has 0 heterocycles. The molecule has 0 aliphatic heterocycles. The van der Waals surface area contributed by atoms with E-state index in [9.17, 15) is 9.59 Å². The first-order valence-corrected chi connectivity index (χ1v) is 3.30.